The zero-order chi connectivity index (χ0) is 31.2. The van der Waals surface area contributed by atoms with Crippen molar-refractivity contribution in [2.75, 3.05) is 18.5 Å². The van der Waals surface area contributed by atoms with Gasteiger partial charge in [-0.15, -0.1) is 5.10 Å². The van der Waals surface area contributed by atoms with Crippen molar-refractivity contribution in [3.05, 3.63) is 68.3 Å². The molecule has 11 heteroatoms. The van der Waals surface area contributed by atoms with Gasteiger partial charge in [0, 0.05) is 16.5 Å². The number of esters is 1. The van der Waals surface area contributed by atoms with Crippen molar-refractivity contribution >= 4 is 51.2 Å². The topological polar surface area (TPSA) is 87.5 Å². The van der Waals surface area contributed by atoms with Crippen molar-refractivity contribution in [3.63, 3.8) is 0 Å². The van der Waals surface area contributed by atoms with E-state index in [0.717, 1.165) is 47.7 Å². The number of aromatic nitrogens is 3. The van der Waals surface area contributed by atoms with Crippen LogP contribution in [0.1, 0.15) is 83.4 Å². The summed E-state index contributed by atoms with van der Waals surface area (Å²) in [5.74, 6) is 2.58. The Morgan fingerprint density at radius 1 is 1.18 bits per heavy atom. The molecular weight excluding hydrogens is 664 g/mol. The monoisotopic (exact) mass is 702 g/mol. The van der Waals surface area contributed by atoms with E-state index in [4.69, 9.17) is 35.9 Å². The van der Waals surface area contributed by atoms with Gasteiger partial charge < -0.3 is 19.5 Å². The maximum atomic E-state index is 13.9. The second kappa shape index (κ2) is 15.1. The predicted octanol–water partition coefficient (Wildman–Crippen LogP) is 8.97. The number of anilines is 1. The standard InChI is InChI=1S/C33H40BrClN4O4S/c1-5-41-27-18-23(17-25(34)30(27)42-16-15-20(2)3)29-28(31(40)43-24-12-7-6-8-13-24)21(4)36-32-37-33(38-39(29)32)44-19-22-11-9-10-14-26(22)35/h9-11,14,17-18,20,24,29H,5-8,12-13,15-16,19H2,1-4H3,(H,36,37,38). The van der Waals surface area contributed by atoms with Gasteiger partial charge in [-0.2, -0.15) is 4.98 Å². The highest BCUT2D eigenvalue weighted by molar-refractivity contribution is 9.10. The minimum Gasteiger partial charge on any atom is -0.490 e. The average Bonchev–Trinajstić information content (AvgIpc) is 3.40. The number of halogens is 2. The first-order valence-corrected chi connectivity index (χ1v) is 17.5. The summed E-state index contributed by atoms with van der Waals surface area (Å²) in [6, 6.07) is 11.1. The second-order valence-corrected chi connectivity index (χ2v) is 13.8. The number of hydrogen-bond donors (Lipinski definition) is 1. The van der Waals surface area contributed by atoms with Gasteiger partial charge in [-0.3, -0.25) is 0 Å². The highest BCUT2D eigenvalue weighted by atomic mass is 79.9. The predicted molar refractivity (Wildman–Crippen MR) is 179 cm³/mol. The summed E-state index contributed by atoms with van der Waals surface area (Å²) in [5, 5.41) is 9.50. The van der Waals surface area contributed by atoms with Crippen molar-refractivity contribution in [1.29, 1.82) is 0 Å². The van der Waals surface area contributed by atoms with Crippen LogP contribution in [-0.2, 0) is 15.3 Å². The molecule has 1 aliphatic carbocycles. The van der Waals surface area contributed by atoms with Crippen molar-refractivity contribution in [2.24, 2.45) is 5.92 Å². The Labute approximate surface area is 277 Å². The average molecular weight is 704 g/mol. The Hall–Kier alpha value is -2.69. The highest BCUT2D eigenvalue weighted by Gasteiger charge is 2.37. The third kappa shape index (κ3) is 7.74. The van der Waals surface area contributed by atoms with Crippen molar-refractivity contribution in [1.82, 2.24) is 14.8 Å². The van der Waals surface area contributed by atoms with E-state index in [1.807, 2.05) is 50.2 Å². The largest absolute Gasteiger partial charge is 0.490 e. The summed E-state index contributed by atoms with van der Waals surface area (Å²) in [5.41, 5.74) is 2.99. The molecule has 44 heavy (non-hydrogen) atoms. The number of thioether (sulfide) groups is 1. The Balaban J connectivity index is 1.52. The van der Waals surface area contributed by atoms with Crippen molar-refractivity contribution in [3.8, 4) is 11.5 Å². The molecule has 1 atom stereocenters. The molecule has 1 aromatic heterocycles. The van der Waals surface area contributed by atoms with Gasteiger partial charge in [0.05, 0.1) is 23.3 Å². The maximum absolute atomic E-state index is 13.9. The van der Waals surface area contributed by atoms with E-state index in [0.29, 0.717) is 63.8 Å². The smallest absolute Gasteiger partial charge is 0.338 e. The Morgan fingerprint density at radius 3 is 2.68 bits per heavy atom. The fourth-order valence-electron chi connectivity index (χ4n) is 5.47. The molecule has 2 aromatic carbocycles. The van der Waals surface area contributed by atoms with E-state index >= 15 is 0 Å². The van der Waals surface area contributed by atoms with Gasteiger partial charge in [-0.1, -0.05) is 61.8 Å². The summed E-state index contributed by atoms with van der Waals surface area (Å²) in [6.07, 6.45) is 5.92. The van der Waals surface area contributed by atoms with Crippen LogP contribution in [0, 0.1) is 5.92 Å². The van der Waals surface area contributed by atoms with E-state index in [-0.39, 0.29) is 12.1 Å². The first-order valence-electron chi connectivity index (χ1n) is 15.4. The number of carbonyl (C=O) groups excluding carboxylic acids is 1. The van der Waals surface area contributed by atoms with Crippen LogP contribution in [0.3, 0.4) is 0 Å². The molecule has 1 aliphatic heterocycles. The first kappa shape index (κ1) is 32.7. The molecule has 3 aromatic rings. The summed E-state index contributed by atoms with van der Waals surface area (Å²) < 4.78 is 20.9. The van der Waals surface area contributed by atoms with Gasteiger partial charge >= 0.3 is 5.97 Å². The number of carbonyl (C=O) groups is 1. The van der Waals surface area contributed by atoms with Crippen LogP contribution in [-0.4, -0.2) is 40.1 Å². The number of rotatable bonds is 12. The minimum absolute atomic E-state index is 0.0847. The highest BCUT2D eigenvalue weighted by Crippen LogP contribution is 2.44. The van der Waals surface area contributed by atoms with Crippen LogP contribution >= 0.6 is 39.3 Å². The third-order valence-electron chi connectivity index (χ3n) is 7.78. The van der Waals surface area contributed by atoms with Gasteiger partial charge in [-0.25, -0.2) is 9.48 Å². The summed E-state index contributed by atoms with van der Waals surface area (Å²) in [4.78, 5) is 18.7. The molecule has 0 radical (unpaired) electrons. The lowest BCUT2D eigenvalue weighted by Gasteiger charge is -2.30. The number of allylic oxidation sites excluding steroid dienone is 1. The quantitative estimate of drug-likeness (QED) is 0.148. The van der Waals surface area contributed by atoms with E-state index < -0.39 is 6.04 Å². The number of nitrogens with zero attached hydrogens (tertiary/aromatic N) is 3. The normalized spacial score (nSPS) is 16.9. The summed E-state index contributed by atoms with van der Waals surface area (Å²) in [7, 11) is 0. The second-order valence-electron chi connectivity index (χ2n) is 11.6. The molecule has 0 saturated heterocycles. The van der Waals surface area contributed by atoms with E-state index in [2.05, 4.69) is 35.1 Å². The zero-order valence-electron chi connectivity index (χ0n) is 25.7. The molecule has 1 saturated carbocycles. The number of hydrogen-bond acceptors (Lipinski definition) is 8. The molecule has 236 valence electrons. The van der Waals surface area contributed by atoms with Crippen LogP contribution < -0.4 is 14.8 Å². The number of benzene rings is 2. The lowest BCUT2D eigenvalue weighted by atomic mass is 9.94. The van der Waals surface area contributed by atoms with Crippen LogP contribution in [0.25, 0.3) is 0 Å². The van der Waals surface area contributed by atoms with Gasteiger partial charge in [0.25, 0.3) is 0 Å². The molecule has 1 fully saturated rings. The number of ether oxygens (including phenoxy) is 3. The summed E-state index contributed by atoms with van der Waals surface area (Å²) >= 11 is 11.6. The third-order valence-corrected chi connectivity index (χ3v) is 9.63. The number of nitrogens with one attached hydrogen (secondary N) is 1. The molecule has 1 N–H and O–H groups in total. The SMILES string of the molecule is CCOc1cc(C2C(C(=O)OC3CCCCC3)=C(C)Nc3nc(SCc4ccccc4Cl)nn32)cc(Br)c1OCCC(C)C. The molecular formula is C33H40BrClN4O4S. The number of fused-ring (bicyclic) bond motifs is 1. The Kier molecular flexibility index (Phi) is 11.2. The lowest BCUT2D eigenvalue weighted by Crippen LogP contribution is -2.32. The Bertz CT molecular complexity index is 1500. The molecule has 2 aliphatic rings. The van der Waals surface area contributed by atoms with Crippen LogP contribution in [0.15, 0.2) is 57.3 Å². The van der Waals surface area contributed by atoms with Crippen LogP contribution in [0.5, 0.6) is 11.5 Å². The minimum atomic E-state index is -0.593. The maximum Gasteiger partial charge on any atom is 0.338 e. The van der Waals surface area contributed by atoms with Gasteiger partial charge in [0.15, 0.2) is 11.5 Å². The van der Waals surface area contributed by atoms with E-state index in [9.17, 15) is 4.79 Å². The zero-order valence-corrected chi connectivity index (χ0v) is 28.9. The van der Waals surface area contributed by atoms with Gasteiger partial charge in [-0.05, 0) is 97.1 Å². The molecule has 0 amide bonds. The molecule has 5 rings (SSSR count). The first-order chi connectivity index (χ1) is 21.2. The molecule has 8 nitrogen and oxygen atoms in total. The van der Waals surface area contributed by atoms with E-state index in [1.165, 1.54) is 18.2 Å². The van der Waals surface area contributed by atoms with Crippen LogP contribution in [0.4, 0.5) is 5.95 Å². The fraction of sp³-hybridized carbons (Fsp3) is 0.485. The Morgan fingerprint density at radius 2 is 1.95 bits per heavy atom. The molecule has 1 unspecified atom stereocenters. The van der Waals surface area contributed by atoms with E-state index in [1.54, 1.807) is 4.68 Å². The van der Waals surface area contributed by atoms with Crippen molar-refractivity contribution in [2.45, 2.75) is 89.3 Å². The molecule has 0 spiro atoms. The van der Waals surface area contributed by atoms with Gasteiger partial charge in [0.2, 0.25) is 11.1 Å². The van der Waals surface area contributed by atoms with Crippen molar-refractivity contribution < 1.29 is 19.0 Å². The molecule has 2 heterocycles. The lowest BCUT2D eigenvalue weighted by molar-refractivity contribution is -0.146. The fourth-order valence-corrected chi connectivity index (χ4v) is 7.16. The van der Waals surface area contributed by atoms with Gasteiger partial charge in [0.1, 0.15) is 12.1 Å². The summed E-state index contributed by atoms with van der Waals surface area (Å²) in [6.45, 7) is 9.20. The van der Waals surface area contributed by atoms with Crippen LogP contribution in [0.2, 0.25) is 5.02 Å². The molecule has 0 bridgehead atoms.